The summed E-state index contributed by atoms with van der Waals surface area (Å²) in [6.07, 6.45) is 4.67. The Hall–Kier alpha value is -1.47. The fraction of sp³-hybridized carbons (Fsp3) is 0.706. The van der Waals surface area contributed by atoms with Crippen LogP contribution in [0.3, 0.4) is 0 Å². The smallest absolute Gasteiger partial charge is 0.240 e. The number of hydrogen-bond acceptors (Lipinski definition) is 5. The Morgan fingerprint density at radius 2 is 2.25 bits per heavy atom. The molecule has 1 aliphatic heterocycles. The number of thiazole rings is 1. The lowest BCUT2D eigenvalue weighted by atomic mass is 10.0. The van der Waals surface area contributed by atoms with Gasteiger partial charge in [0.1, 0.15) is 0 Å². The van der Waals surface area contributed by atoms with E-state index >= 15 is 0 Å². The van der Waals surface area contributed by atoms with Crippen LogP contribution in [0.15, 0.2) is 11.6 Å². The van der Waals surface area contributed by atoms with Crippen LogP contribution in [0, 0.1) is 11.8 Å². The van der Waals surface area contributed by atoms with Crippen molar-refractivity contribution in [3.05, 3.63) is 11.6 Å². The second-order valence-corrected chi connectivity index (χ2v) is 8.07. The van der Waals surface area contributed by atoms with Crippen LogP contribution in [0.2, 0.25) is 0 Å². The van der Waals surface area contributed by atoms with Crippen molar-refractivity contribution in [3.63, 3.8) is 0 Å². The fourth-order valence-corrected chi connectivity index (χ4v) is 3.76. The predicted octanol–water partition coefficient (Wildman–Crippen LogP) is 2.05. The summed E-state index contributed by atoms with van der Waals surface area (Å²) in [5.74, 6) is 1.25. The summed E-state index contributed by atoms with van der Waals surface area (Å²) in [5.41, 5.74) is 0. The van der Waals surface area contributed by atoms with Crippen molar-refractivity contribution < 1.29 is 9.59 Å². The quantitative estimate of drug-likeness (QED) is 0.853. The van der Waals surface area contributed by atoms with Gasteiger partial charge in [-0.15, -0.1) is 11.3 Å². The maximum absolute atomic E-state index is 12.6. The molecule has 1 saturated carbocycles. The molecule has 6 nitrogen and oxygen atoms in total. The van der Waals surface area contributed by atoms with Crippen LogP contribution in [0.1, 0.15) is 33.1 Å². The minimum absolute atomic E-state index is 0.0597. The van der Waals surface area contributed by atoms with Gasteiger partial charge in [-0.25, -0.2) is 4.98 Å². The molecular weight excluding hydrogens is 324 g/mol. The SMILES string of the molecule is CC(C)[C@H]1CN(CC(=O)Nc2nccs2)CCC(=O)N1CC1CC1. The van der Waals surface area contributed by atoms with E-state index in [1.807, 2.05) is 5.38 Å². The molecular formula is C17H26N4O2S. The van der Waals surface area contributed by atoms with Crippen LogP contribution in [0.25, 0.3) is 0 Å². The number of carbonyl (C=O) groups excluding carboxylic acids is 2. The lowest BCUT2D eigenvalue weighted by molar-refractivity contribution is -0.133. The highest BCUT2D eigenvalue weighted by molar-refractivity contribution is 7.13. The first-order chi connectivity index (χ1) is 11.5. The third-order valence-electron chi connectivity index (χ3n) is 4.78. The monoisotopic (exact) mass is 350 g/mol. The van der Waals surface area contributed by atoms with Gasteiger partial charge in [0, 0.05) is 43.7 Å². The van der Waals surface area contributed by atoms with Gasteiger partial charge in [0.25, 0.3) is 0 Å². The summed E-state index contributed by atoms with van der Waals surface area (Å²) in [7, 11) is 0. The van der Waals surface area contributed by atoms with Crippen molar-refractivity contribution in [2.24, 2.45) is 11.8 Å². The molecule has 0 unspecified atom stereocenters. The minimum Gasteiger partial charge on any atom is -0.338 e. The molecule has 24 heavy (non-hydrogen) atoms. The van der Waals surface area contributed by atoms with Gasteiger partial charge >= 0.3 is 0 Å². The molecule has 2 aliphatic rings. The highest BCUT2D eigenvalue weighted by Crippen LogP contribution is 2.32. The number of nitrogens with one attached hydrogen (secondary N) is 1. The average molecular weight is 350 g/mol. The molecule has 2 heterocycles. The lowest BCUT2D eigenvalue weighted by Gasteiger charge is -2.34. The van der Waals surface area contributed by atoms with E-state index < -0.39 is 0 Å². The zero-order valence-electron chi connectivity index (χ0n) is 14.4. The average Bonchev–Trinajstić information content (AvgIpc) is 3.24. The van der Waals surface area contributed by atoms with Crippen LogP contribution in [0.5, 0.6) is 0 Å². The predicted molar refractivity (Wildman–Crippen MR) is 94.9 cm³/mol. The van der Waals surface area contributed by atoms with Gasteiger partial charge in [0.05, 0.1) is 6.54 Å². The third kappa shape index (κ3) is 4.54. The molecule has 2 fully saturated rings. The number of amides is 2. The Morgan fingerprint density at radius 3 is 2.88 bits per heavy atom. The van der Waals surface area contributed by atoms with Crippen LogP contribution < -0.4 is 5.32 Å². The van der Waals surface area contributed by atoms with Crippen molar-refractivity contribution in [2.75, 3.05) is 31.5 Å². The third-order valence-corrected chi connectivity index (χ3v) is 5.46. The first-order valence-corrected chi connectivity index (χ1v) is 9.62. The van der Waals surface area contributed by atoms with Gasteiger partial charge in [0.15, 0.2) is 5.13 Å². The second kappa shape index (κ2) is 7.61. The largest absolute Gasteiger partial charge is 0.338 e. The second-order valence-electron chi connectivity index (χ2n) is 7.17. The van der Waals surface area contributed by atoms with Crippen molar-refractivity contribution in [2.45, 2.75) is 39.2 Å². The van der Waals surface area contributed by atoms with Crippen LogP contribution >= 0.6 is 11.3 Å². The van der Waals surface area contributed by atoms with Crippen LogP contribution in [0.4, 0.5) is 5.13 Å². The Labute approximate surface area is 147 Å². The molecule has 1 aromatic rings. The Bertz CT molecular complexity index is 571. The molecule has 7 heteroatoms. The summed E-state index contributed by atoms with van der Waals surface area (Å²) >= 11 is 1.41. The van der Waals surface area contributed by atoms with Crippen molar-refractivity contribution in [3.8, 4) is 0 Å². The summed E-state index contributed by atoms with van der Waals surface area (Å²) in [6.45, 7) is 6.94. The molecule has 3 rings (SSSR count). The molecule has 1 aromatic heterocycles. The highest BCUT2D eigenvalue weighted by atomic mass is 32.1. The van der Waals surface area contributed by atoms with E-state index in [1.54, 1.807) is 6.20 Å². The standard InChI is InChI=1S/C17H26N4O2S/c1-12(2)14-10-20(11-15(22)19-17-18-6-8-24-17)7-5-16(23)21(14)9-13-3-4-13/h6,8,12-14H,3-5,7,9-11H2,1-2H3,(H,18,19,22)/t14-/m1/s1. The number of nitrogens with zero attached hydrogens (tertiary/aromatic N) is 3. The van der Waals surface area contributed by atoms with Gasteiger partial charge in [-0.2, -0.15) is 0 Å². The molecule has 0 spiro atoms. The topological polar surface area (TPSA) is 65.5 Å². The Kier molecular flexibility index (Phi) is 5.50. The summed E-state index contributed by atoms with van der Waals surface area (Å²) in [6, 6.07) is 0.188. The van der Waals surface area contributed by atoms with E-state index in [-0.39, 0.29) is 17.9 Å². The first kappa shape index (κ1) is 17.4. The van der Waals surface area contributed by atoms with Gasteiger partial charge in [-0.1, -0.05) is 13.8 Å². The van der Waals surface area contributed by atoms with Gasteiger partial charge < -0.3 is 10.2 Å². The Balaban J connectivity index is 1.62. The number of anilines is 1. The van der Waals surface area contributed by atoms with E-state index in [4.69, 9.17) is 0 Å². The number of rotatable bonds is 6. The summed E-state index contributed by atoms with van der Waals surface area (Å²) < 4.78 is 0. The van der Waals surface area contributed by atoms with E-state index in [0.717, 1.165) is 13.1 Å². The molecule has 2 amide bonds. The van der Waals surface area contributed by atoms with Gasteiger partial charge in [0.2, 0.25) is 11.8 Å². The number of hydrogen-bond donors (Lipinski definition) is 1. The molecule has 0 radical (unpaired) electrons. The zero-order chi connectivity index (χ0) is 17.1. The summed E-state index contributed by atoms with van der Waals surface area (Å²) in [5, 5.41) is 5.29. The normalized spacial score (nSPS) is 22.7. The van der Waals surface area contributed by atoms with E-state index in [9.17, 15) is 9.59 Å². The molecule has 0 bridgehead atoms. The van der Waals surface area contributed by atoms with Crippen LogP contribution in [-0.4, -0.2) is 58.8 Å². The van der Waals surface area contributed by atoms with Crippen molar-refractivity contribution in [1.29, 1.82) is 0 Å². The minimum atomic E-state index is -0.0597. The number of carbonyl (C=O) groups is 2. The first-order valence-electron chi connectivity index (χ1n) is 8.74. The lowest BCUT2D eigenvalue weighted by Crippen LogP contribution is -2.48. The number of aromatic nitrogens is 1. The maximum atomic E-state index is 12.6. The van der Waals surface area contributed by atoms with E-state index in [1.165, 1.54) is 24.2 Å². The molecule has 0 aromatic carbocycles. The summed E-state index contributed by atoms with van der Waals surface area (Å²) in [4.78, 5) is 33.1. The molecule has 1 aliphatic carbocycles. The van der Waals surface area contributed by atoms with Crippen molar-refractivity contribution >= 4 is 28.3 Å². The van der Waals surface area contributed by atoms with Gasteiger partial charge in [-0.05, 0) is 24.7 Å². The van der Waals surface area contributed by atoms with Crippen LogP contribution in [-0.2, 0) is 9.59 Å². The molecule has 132 valence electrons. The zero-order valence-corrected chi connectivity index (χ0v) is 15.2. The molecule has 1 N–H and O–H groups in total. The van der Waals surface area contributed by atoms with Crippen molar-refractivity contribution in [1.82, 2.24) is 14.8 Å². The van der Waals surface area contributed by atoms with E-state index in [0.29, 0.717) is 36.5 Å². The highest BCUT2D eigenvalue weighted by Gasteiger charge is 2.35. The molecule has 1 atom stereocenters. The molecule has 1 saturated heterocycles. The maximum Gasteiger partial charge on any atom is 0.240 e. The van der Waals surface area contributed by atoms with E-state index in [2.05, 4.69) is 33.9 Å². The Morgan fingerprint density at radius 1 is 1.46 bits per heavy atom. The fourth-order valence-electron chi connectivity index (χ4n) is 3.21. The van der Waals surface area contributed by atoms with Gasteiger partial charge in [-0.3, -0.25) is 14.5 Å².